The molecule has 1 aromatic heterocycles. The van der Waals surface area contributed by atoms with Gasteiger partial charge in [-0.3, -0.25) is 10.4 Å². The lowest BCUT2D eigenvalue weighted by Crippen LogP contribution is -2.42. The van der Waals surface area contributed by atoms with Crippen molar-refractivity contribution in [1.29, 1.82) is 5.26 Å². The van der Waals surface area contributed by atoms with E-state index < -0.39 is 5.54 Å². The Morgan fingerprint density at radius 3 is 2.94 bits per heavy atom. The number of H-pyrrole nitrogens is 1. The van der Waals surface area contributed by atoms with Gasteiger partial charge in [-0.25, -0.2) is 4.98 Å². The van der Waals surface area contributed by atoms with Gasteiger partial charge in [-0.15, -0.1) is 5.10 Å². The van der Waals surface area contributed by atoms with Crippen LogP contribution in [0.3, 0.4) is 0 Å². The number of aromatic amines is 1. The molecule has 0 saturated heterocycles. The molecule has 2 rings (SSSR count). The molecule has 5 nitrogen and oxygen atoms in total. The van der Waals surface area contributed by atoms with Crippen LogP contribution in [0.4, 0.5) is 0 Å². The van der Waals surface area contributed by atoms with Crippen molar-refractivity contribution >= 4 is 11.8 Å². The summed E-state index contributed by atoms with van der Waals surface area (Å²) in [5.41, 5.74) is -0.417. The van der Waals surface area contributed by atoms with Gasteiger partial charge in [-0.1, -0.05) is 11.8 Å². The van der Waals surface area contributed by atoms with Crippen molar-refractivity contribution in [2.45, 2.75) is 49.8 Å². The molecule has 1 fully saturated rings. The standard InChI is InChI=1S/C11H17N5S/c1-8-13-10(16-15-8)17-6-5-11(2,7-12)14-9-3-4-9/h9,14H,3-6H2,1-2H3,(H,13,15,16). The van der Waals surface area contributed by atoms with Crippen LogP contribution in [-0.4, -0.2) is 32.5 Å². The van der Waals surface area contributed by atoms with E-state index in [4.69, 9.17) is 0 Å². The average molecular weight is 251 g/mol. The first-order valence-electron chi connectivity index (χ1n) is 5.82. The highest BCUT2D eigenvalue weighted by Gasteiger charge is 2.32. The third-order valence-corrected chi connectivity index (χ3v) is 3.61. The van der Waals surface area contributed by atoms with Gasteiger partial charge in [0.1, 0.15) is 11.4 Å². The fraction of sp³-hybridized carbons (Fsp3) is 0.727. The van der Waals surface area contributed by atoms with Gasteiger partial charge in [0.2, 0.25) is 5.16 Å². The molecule has 92 valence electrons. The minimum absolute atomic E-state index is 0.417. The monoisotopic (exact) mass is 251 g/mol. The largest absolute Gasteiger partial charge is 0.297 e. The second-order valence-corrected chi connectivity index (χ2v) is 5.73. The number of hydrogen-bond donors (Lipinski definition) is 2. The van der Waals surface area contributed by atoms with E-state index in [9.17, 15) is 5.26 Å². The molecule has 0 radical (unpaired) electrons. The molecule has 0 amide bonds. The number of nitrogens with zero attached hydrogens (tertiary/aromatic N) is 3. The molecule has 1 saturated carbocycles. The number of aryl methyl sites for hydroxylation is 1. The third-order valence-electron chi connectivity index (χ3n) is 2.76. The number of aromatic nitrogens is 3. The Balaban J connectivity index is 1.77. The van der Waals surface area contributed by atoms with Gasteiger partial charge in [-0.2, -0.15) is 5.26 Å². The van der Waals surface area contributed by atoms with Crippen molar-refractivity contribution in [3.8, 4) is 6.07 Å². The van der Waals surface area contributed by atoms with Gasteiger partial charge in [0.15, 0.2) is 0 Å². The van der Waals surface area contributed by atoms with Crippen molar-refractivity contribution < 1.29 is 0 Å². The van der Waals surface area contributed by atoms with E-state index in [0.717, 1.165) is 23.2 Å². The van der Waals surface area contributed by atoms with E-state index in [1.54, 1.807) is 11.8 Å². The lowest BCUT2D eigenvalue weighted by Gasteiger charge is -2.22. The summed E-state index contributed by atoms with van der Waals surface area (Å²) in [4.78, 5) is 4.22. The maximum atomic E-state index is 9.20. The summed E-state index contributed by atoms with van der Waals surface area (Å²) in [5, 5.41) is 20.2. The normalized spacial score (nSPS) is 18.6. The van der Waals surface area contributed by atoms with Crippen molar-refractivity contribution in [3.05, 3.63) is 5.82 Å². The summed E-state index contributed by atoms with van der Waals surface area (Å²) >= 11 is 1.59. The maximum absolute atomic E-state index is 9.20. The molecule has 0 spiro atoms. The molecule has 1 heterocycles. The molecule has 17 heavy (non-hydrogen) atoms. The minimum Gasteiger partial charge on any atom is -0.297 e. The van der Waals surface area contributed by atoms with Crippen LogP contribution in [0.1, 0.15) is 32.0 Å². The number of nitrogens with one attached hydrogen (secondary N) is 2. The van der Waals surface area contributed by atoms with Crippen LogP contribution in [-0.2, 0) is 0 Å². The Morgan fingerprint density at radius 1 is 1.65 bits per heavy atom. The fourth-order valence-electron chi connectivity index (χ4n) is 1.57. The minimum atomic E-state index is -0.417. The summed E-state index contributed by atoms with van der Waals surface area (Å²) in [7, 11) is 0. The zero-order valence-corrected chi connectivity index (χ0v) is 11.0. The summed E-state index contributed by atoms with van der Waals surface area (Å²) in [5.74, 6) is 1.67. The maximum Gasteiger partial charge on any atom is 0.208 e. The predicted molar refractivity (Wildman–Crippen MR) is 66.6 cm³/mol. The van der Waals surface area contributed by atoms with Crippen LogP contribution in [0.25, 0.3) is 0 Å². The Hall–Kier alpha value is -1.06. The number of rotatable bonds is 6. The topological polar surface area (TPSA) is 77.4 Å². The summed E-state index contributed by atoms with van der Waals surface area (Å²) < 4.78 is 0. The first kappa shape index (κ1) is 12.4. The highest BCUT2D eigenvalue weighted by atomic mass is 32.2. The molecule has 0 aliphatic heterocycles. The van der Waals surface area contributed by atoms with Gasteiger partial charge < -0.3 is 0 Å². The van der Waals surface area contributed by atoms with Gasteiger partial charge >= 0.3 is 0 Å². The lowest BCUT2D eigenvalue weighted by molar-refractivity contribution is 0.433. The second-order valence-electron chi connectivity index (χ2n) is 4.66. The molecular formula is C11H17N5S. The molecule has 1 aliphatic rings. The van der Waals surface area contributed by atoms with E-state index in [1.165, 1.54) is 12.8 Å². The smallest absolute Gasteiger partial charge is 0.208 e. The molecule has 1 unspecified atom stereocenters. The van der Waals surface area contributed by atoms with Crippen molar-refractivity contribution in [3.63, 3.8) is 0 Å². The summed E-state index contributed by atoms with van der Waals surface area (Å²) in [6, 6.07) is 2.92. The van der Waals surface area contributed by atoms with Crippen LogP contribution in [0.5, 0.6) is 0 Å². The SMILES string of the molecule is Cc1nc(SCCC(C)(C#N)NC2CC2)n[nH]1. The summed E-state index contributed by atoms with van der Waals surface area (Å²) in [6.07, 6.45) is 3.20. The molecular weight excluding hydrogens is 234 g/mol. The molecule has 0 bridgehead atoms. The molecule has 6 heteroatoms. The van der Waals surface area contributed by atoms with Crippen LogP contribution < -0.4 is 5.32 Å². The Bertz CT molecular complexity index is 420. The van der Waals surface area contributed by atoms with Gasteiger partial charge in [-0.05, 0) is 33.1 Å². The molecule has 0 aromatic carbocycles. The molecule has 1 aromatic rings. The van der Waals surface area contributed by atoms with E-state index >= 15 is 0 Å². The second kappa shape index (κ2) is 5.07. The molecule has 2 N–H and O–H groups in total. The van der Waals surface area contributed by atoms with Gasteiger partial charge in [0.05, 0.1) is 6.07 Å². The zero-order valence-electron chi connectivity index (χ0n) is 10.2. The molecule has 1 aliphatic carbocycles. The summed E-state index contributed by atoms with van der Waals surface area (Å²) in [6.45, 7) is 3.85. The zero-order chi connectivity index (χ0) is 12.3. The number of hydrogen-bond acceptors (Lipinski definition) is 5. The van der Waals surface area contributed by atoms with Crippen LogP contribution in [0.2, 0.25) is 0 Å². The van der Waals surface area contributed by atoms with E-state index in [-0.39, 0.29) is 0 Å². The predicted octanol–water partition coefficient (Wildman–Crippen LogP) is 1.63. The van der Waals surface area contributed by atoms with Crippen LogP contribution in [0, 0.1) is 18.3 Å². The first-order valence-corrected chi connectivity index (χ1v) is 6.81. The Morgan fingerprint density at radius 2 is 2.41 bits per heavy atom. The highest BCUT2D eigenvalue weighted by Crippen LogP contribution is 2.25. The average Bonchev–Trinajstić information content (AvgIpc) is 3.00. The number of nitriles is 1. The first-order chi connectivity index (χ1) is 8.11. The van der Waals surface area contributed by atoms with Crippen molar-refractivity contribution in [2.24, 2.45) is 0 Å². The lowest BCUT2D eigenvalue weighted by atomic mass is 10.0. The Labute approximate surface area is 105 Å². The van der Waals surface area contributed by atoms with E-state index in [0.29, 0.717) is 6.04 Å². The van der Waals surface area contributed by atoms with E-state index in [2.05, 4.69) is 26.6 Å². The van der Waals surface area contributed by atoms with Crippen LogP contribution in [0.15, 0.2) is 5.16 Å². The number of thioether (sulfide) groups is 1. The Kier molecular flexibility index (Phi) is 3.69. The highest BCUT2D eigenvalue weighted by molar-refractivity contribution is 7.99. The third kappa shape index (κ3) is 3.72. The van der Waals surface area contributed by atoms with Crippen molar-refractivity contribution in [2.75, 3.05) is 5.75 Å². The molecule has 1 atom stereocenters. The van der Waals surface area contributed by atoms with E-state index in [1.807, 2.05) is 13.8 Å². The van der Waals surface area contributed by atoms with Gasteiger partial charge in [0.25, 0.3) is 0 Å². The fourth-order valence-corrected chi connectivity index (χ4v) is 2.58. The van der Waals surface area contributed by atoms with Gasteiger partial charge in [0, 0.05) is 11.8 Å². The van der Waals surface area contributed by atoms with Crippen LogP contribution >= 0.6 is 11.8 Å². The van der Waals surface area contributed by atoms with Crippen molar-refractivity contribution in [1.82, 2.24) is 20.5 Å². The quantitative estimate of drug-likeness (QED) is 0.751.